The van der Waals surface area contributed by atoms with Gasteiger partial charge >= 0.3 is 6.18 Å². The minimum absolute atomic E-state index is 0.450. The fourth-order valence-corrected chi connectivity index (χ4v) is 0.907. The zero-order valence-corrected chi connectivity index (χ0v) is 7.06. The third kappa shape index (κ3) is 2.65. The van der Waals surface area contributed by atoms with Gasteiger partial charge in [0.2, 0.25) is 0 Å². The molecule has 4 heteroatoms. The Labute approximate surface area is 74.1 Å². The molecule has 1 nitrogen and oxygen atoms in total. The summed E-state index contributed by atoms with van der Waals surface area (Å²) in [7, 11) is 0. The van der Waals surface area contributed by atoms with Crippen LogP contribution in [0.1, 0.15) is 12.5 Å². The van der Waals surface area contributed by atoms with E-state index in [0.29, 0.717) is 12.4 Å². The van der Waals surface area contributed by atoms with Crippen LogP contribution in [0.4, 0.5) is 13.2 Å². The van der Waals surface area contributed by atoms with E-state index in [0.717, 1.165) is 12.1 Å². The van der Waals surface area contributed by atoms with Gasteiger partial charge in [0, 0.05) is 0 Å². The van der Waals surface area contributed by atoms with Crippen molar-refractivity contribution in [3.63, 3.8) is 0 Å². The molecule has 1 aromatic rings. The third-order valence-corrected chi connectivity index (χ3v) is 1.49. The van der Waals surface area contributed by atoms with Crippen LogP contribution in [0.3, 0.4) is 0 Å². The van der Waals surface area contributed by atoms with Crippen LogP contribution in [0.25, 0.3) is 0 Å². The molecule has 0 heterocycles. The van der Waals surface area contributed by atoms with Crippen LogP contribution in [0.5, 0.6) is 5.75 Å². The van der Waals surface area contributed by atoms with Crippen molar-refractivity contribution in [2.45, 2.75) is 13.1 Å². The monoisotopic (exact) mass is 190 g/mol. The van der Waals surface area contributed by atoms with Gasteiger partial charge in [-0.05, 0) is 31.2 Å². The van der Waals surface area contributed by atoms with E-state index in [1.165, 1.54) is 12.1 Å². The molecule has 0 bridgehead atoms. The highest BCUT2D eigenvalue weighted by Gasteiger charge is 2.29. The first-order valence-corrected chi connectivity index (χ1v) is 3.84. The summed E-state index contributed by atoms with van der Waals surface area (Å²) in [5.41, 5.74) is -0.657. The summed E-state index contributed by atoms with van der Waals surface area (Å²) >= 11 is 0. The first-order valence-electron chi connectivity index (χ1n) is 3.84. The molecule has 0 fully saturated rings. The molecular formula is C9H9F3O. The minimum Gasteiger partial charge on any atom is -0.494 e. The van der Waals surface area contributed by atoms with E-state index in [1.807, 2.05) is 0 Å². The standard InChI is InChI=1S/C9H9F3O/c1-2-13-8-5-3-7(4-6-8)9(10,11)12/h3-6H,2H2,1H3. The van der Waals surface area contributed by atoms with Gasteiger partial charge in [-0.1, -0.05) is 0 Å². The molecule has 0 atom stereocenters. The van der Waals surface area contributed by atoms with Gasteiger partial charge in [-0.25, -0.2) is 0 Å². The van der Waals surface area contributed by atoms with Crippen molar-refractivity contribution in [3.05, 3.63) is 29.8 Å². The van der Waals surface area contributed by atoms with E-state index in [9.17, 15) is 13.2 Å². The molecule has 0 saturated heterocycles. The maximum absolute atomic E-state index is 12.1. The molecule has 0 aromatic heterocycles. The molecule has 0 aliphatic carbocycles. The van der Waals surface area contributed by atoms with E-state index in [-0.39, 0.29) is 0 Å². The Morgan fingerprint density at radius 1 is 1.15 bits per heavy atom. The summed E-state index contributed by atoms with van der Waals surface area (Å²) in [6, 6.07) is 4.63. The molecule has 72 valence electrons. The molecule has 0 unspecified atom stereocenters. The van der Waals surface area contributed by atoms with E-state index in [4.69, 9.17) is 4.74 Å². The molecule has 0 aliphatic rings. The van der Waals surface area contributed by atoms with Crippen molar-refractivity contribution in [2.24, 2.45) is 0 Å². The van der Waals surface area contributed by atoms with Gasteiger partial charge in [-0.15, -0.1) is 0 Å². The van der Waals surface area contributed by atoms with Gasteiger partial charge in [-0.3, -0.25) is 0 Å². The summed E-state index contributed by atoms with van der Waals surface area (Å²) in [5.74, 6) is 0.454. The normalized spacial score (nSPS) is 11.4. The zero-order valence-electron chi connectivity index (χ0n) is 7.06. The van der Waals surface area contributed by atoms with Crippen LogP contribution in [0, 0.1) is 0 Å². The molecule has 0 N–H and O–H groups in total. The second-order valence-electron chi connectivity index (χ2n) is 2.46. The van der Waals surface area contributed by atoms with Gasteiger partial charge in [0.25, 0.3) is 0 Å². The highest BCUT2D eigenvalue weighted by Crippen LogP contribution is 2.30. The van der Waals surface area contributed by atoms with Crippen LogP contribution in [0.2, 0.25) is 0 Å². The maximum atomic E-state index is 12.1. The van der Waals surface area contributed by atoms with Crippen molar-refractivity contribution >= 4 is 0 Å². The predicted molar refractivity (Wildman–Crippen MR) is 42.6 cm³/mol. The van der Waals surface area contributed by atoms with Gasteiger partial charge in [0.1, 0.15) is 5.75 Å². The van der Waals surface area contributed by atoms with E-state index >= 15 is 0 Å². The topological polar surface area (TPSA) is 9.23 Å². The van der Waals surface area contributed by atoms with Gasteiger partial charge in [0.15, 0.2) is 0 Å². The van der Waals surface area contributed by atoms with Crippen molar-refractivity contribution in [1.29, 1.82) is 0 Å². The Morgan fingerprint density at radius 2 is 1.69 bits per heavy atom. The zero-order chi connectivity index (χ0) is 9.90. The molecule has 1 rings (SSSR count). The minimum atomic E-state index is -4.27. The average Bonchev–Trinajstić information content (AvgIpc) is 2.04. The lowest BCUT2D eigenvalue weighted by atomic mass is 10.2. The van der Waals surface area contributed by atoms with Crippen molar-refractivity contribution in [3.8, 4) is 5.75 Å². The van der Waals surface area contributed by atoms with Gasteiger partial charge < -0.3 is 4.74 Å². The maximum Gasteiger partial charge on any atom is 0.416 e. The number of rotatable bonds is 2. The summed E-state index contributed by atoms with van der Waals surface area (Å²) in [4.78, 5) is 0. The summed E-state index contributed by atoms with van der Waals surface area (Å²) in [6.07, 6.45) is -4.27. The van der Waals surface area contributed by atoms with Crippen molar-refractivity contribution in [1.82, 2.24) is 0 Å². The molecular weight excluding hydrogens is 181 g/mol. The van der Waals surface area contributed by atoms with Crippen LogP contribution in [0.15, 0.2) is 24.3 Å². The molecule has 0 aliphatic heterocycles. The highest BCUT2D eigenvalue weighted by molar-refractivity contribution is 5.28. The average molecular weight is 190 g/mol. The summed E-state index contributed by atoms with van der Waals surface area (Å²) < 4.78 is 41.2. The Kier molecular flexibility index (Phi) is 2.80. The molecule has 0 radical (unpaired) electrons. The Bertz CT molecular complexity index is 263. The summed E-state index contributed by atoms with van der Waals surface area (Å²) in [5, 5.41) is 0. The Hall–Kier alpha value is -1.19. The van der Waals surface area contributed by atoms with Crippen molar-refractivity contribution in [2.75, 3.05) is 6.61 Å². The van der Waals surface area contributed by atoms with E-state index in [2.05, 4.69) is 0 Å². The predicted octanol–water partition coefficient (Wildman–Crippen LogP) is 3.10. The fraction of sp³-hybridized carbons (Fsp3) is 0.333. The first kappa shape index (κ1) is 9.89. The molecule has 0 spiro atoms. The lowest BCUT2D eigenvalue weighted by molar-refractivity contribution is -0.137. The first-order chi connectivity index (χ1) is 6.04. The van der Waals surface area contributed by atoms with E-state index in [1.54, 1.807) is 6.92 Å². The van der Waals surface area contributed by atoms with Gasteiger partial charge in [-0.2, -0.15) is 13.2 Å². The van der Waals surface area contributed by atoms with Crippen LogP contribution in [-0.2, 0) is 6.18 Å². The lowest BCUT2D eigenvalue weighted by Gasteiger charge is -2.07. The largest absolute Gasteiger partial charge is 0.494 e. The number of alkyl halides is 3. The quantitative estimate of drug-likeness (QED) is 0.696. The van der Waals surface area contributed by atoms with Crippen LogP contribution < -0.4 is 4.74 Å². The smallest absolute Gasteiger partial charge is 0.416 e. The Morgan fingerprint density at radius 3 is 2.08 bits per heavy atom. The van der Waals surface area contributed by atoms with Gasteiger partial charge in [0.05, 0.1) is 12.2 Å². The number of hydrogen-bond acceptors (Lipinski definition) is 1. The highest BCUT2D eigenvalue weighted by atomic mass is 19.4. The number of halogens is 3. The van der Waals surface area contributed by atoms with Crippen LogP contribution >= 0.6 is 0 Å². The second kappa shape index (κ2) is 3.68. The SMILES string of the molecule is CCOc1ccc(C(F)(F)F)cc1. The second-order valence-corrected chi connectivity index (χ2v) is 2.46. The number of benzene rings is 1. The molecule has 0 saturated carbocycles. The molecule has 0 amide bonds. The summed E-state index contributed by atoms with van der Waals surface area (Å²) in [6.45, 7) is 2.23. The van der Waals surface area contributed by atoms with E-state index < -0.39 is 11.7 Å². The number of ether oxygens (including phenoxy) is 1. The third-order valence-electron chi connectivity index (χ3n) is 1.49. The van der Waals surface area contributed by atoms with Crippen molar-refractivity contribution < 1.29 is 17.9 Å². The Balaban J connectivity index is 2.81. The lowest BCUT2D eigenvalue weighted by Crippen LogP contribution is -2.04. The fourth-order valence-electron chi connectivity index (χ4n) is 0.907. The molecule has 1 aromatic carbocycles. The number of hydrogen-bond donors (Lipinski definition) is 0. The van der Waals surface area contributed by atoms with Crippen LogP contribution in [-0.4, -0.2) is 6.61 Å². The molecule has 13 heavy (non-hydrogen) atoms.